The van der Waals surface area contributed by atoms with Gasteiger partial charge in [-0.05, 0) is 11.8 Å². The molecule has 2 N–H and O–H groups in total. The SMILES string of the molecule is CSc1ncc(C(=O)O)c(NC(=O)OCc2ccccc2)n1. The summed E-state index contributed by atoms with van der Waals surface area (Å²) in [7, 11) is 0. The molecule has 2 rings (SSSR count). The minimum absolute atomic E-state index is 0.0789. The number of hydrogen-bond acceptors (Lipinski definition) is 6. The van der Waals surface area contributed by atoms with Crippen LogP contribution >= 0.6 is 11.8 Å². The zero-order chi connectivity index (χ0) is 15.9. The second kappa shape index (κ2) is 7.41. The van der Waals surface area contributed by atoms with Crippen LogP contribution in [0.3, 0.4) is 0 Å². The van der Waals surface area contributed by atoms with Gasteiger partial charge in [0.05, 0.1) is 0 Å². The number of benzene rings is 1. The number of aromatic nitrogens is 2. The van der Waals surface area contributed by atoms with Gasteiger partial charge in [0.25, 0.3) is 0 Å². The predicted octanol–water partition coefficient (Wildman–Crippen LogP) is 2.65. The number of anilines is 1. The van der Waals surface area contributed by atoms with E-state index in [0.717, 1.165) is 11.8 Å². The van der Waals surface area contributed by atoms with Crippen LogP contribution in [-0.4, -0.2) is 33.4 Å². The lowest BCUT2D eigenvalue weighted by atomic mass is 10.2. The van der Waals surface area contributed by atoms with Gasteiger partial charge >= 0.3 is 12.1 Å². The largest absolute Gasteiger partial charge is 0.477 e. The van der Waals surface area contributed by atoms with E-state index in [-0.39, 0.29) is 18.0 Å². The number of amides is 1. The number of rotatable bonds is 5. The van der Waals surface area contributed by atoms with Gasteiger partial charge in [0.15, 0.2) is 11.0 Å². The molecule has 0 saturated carbocycles. The summed E-state index contributed by atoms with van der Waals surface area (Å²) in [5.74, 6) is -1.32. The average Bonchev–Trinajstić information content (AvgIpc) is 2.53. The summed E-state index contributed by atoms with van der Waals surface area (Å²) in [6, 6.07) is 9.13. The van der Waals surface area contributed by atoms with Gasteiger partial charge in [-0.2, -0.15) is 0 Å². The quantitative estimate of drug-likeness (QED) is 0.645. The smallest absolute Gasteiger partial charge is 0.413 e. The van der Waals surface area contributed by atoms with Gasteiger partial charge in [-0.15, -0.1) is 0 Å². The van der Waals surface area contributed by atoms with Crippen LogP contribution in [0.5, 0.6) is 0 Å². The molecular weight excluding hydrogens is 306 g/mol. The normalized spacial score (nSPS) is 10.0. The van der Waals surface area contributed by atoms with E-state index < -0.39 is 12.1 Å². The Balaban J connectivity index is 2.05. The third-order valence-corrected chi connectivity index (χ3v) is 3.17. The zero-order valence-corrected chi connectivity index (χ0v) is 12.5. The van der Waals surface area contributed by atoms with Crippen molar-refractivity contribution in [2.45, 2.75) is 11.8 Å². The van der Waals surface area contributed by atoms with Crippen molar-refractivity contribution < 1.29 is 19.4 Å². The summed E-state index contributed by atoms with van der Waals surface area (Å²) in [6.45, 7) is 0.0789. The molecule has 0 unspecified atom stereocenters. The molecule has 114 valence electrons. The third-order valence-electron chi connectivity index (χ3n) is 2.61. The van der Waals surface area contributed by atoms with E-state index in [1.165, 1.54) is 11.8 Å². The van der Waals surface area contributed by atoms with Crippen molar-refractivity contribution in [1.29, 1.82) is 0 Å². The molecule has 8 heteroatoms. The Hall–Kier alpha value is -2.61. The molecule has 0 aliphatic heterocycles. The van der Waals surface area contributed by atoms with Crippen molar-refractivity contribution in [3.63, 3.8) is 0 Å². The number of thioether (sulfide) groups is 1. The summed E-state index contributed by atoms with van der Waals surface area (Å²) >= 11 is 1.23. The molecule has 0 saturated heterocycles. The van der Waals surface area contributed by atoms with Crippen LogP contribution < -0.4 is 5.32 Å². The first-order valence-electron chi connectivity index (χ1n) is 6.22. The van der Waals surface area contributed by atoms with Crippen molar-refractivity contribution in [2.24, 2.45) is 0 Å². The Bertz CT molecular complexity index is 679. The average molecular weight is 319 g/mol. The van der Waals surface area contributed by atoms with Gasteiger partial charge in [0.2, 0.25) is 0 Å². The second-order valence-electron chi connectivity index (χ2n) is 4.11. The summed E-state index contributed by atoms with van der Waals surface area (Å²) in [5.41, 5.74) is 0.623. The number of nitrogens with zero attached hydrogens (tertiary/aromatic N) is 2. The fourth-order valence-corrected chi connectivity index (χ4v) is 1.91. The molecule has 1 amide bonds. The fraction of sp³-hybridized carbons (Fsp3) is 0.143. The Labute approximate surface area is 130 Å². The maximum Gasteiger partial charge on any atom is 0.413 e. The molecule has 0 aliphatic carbocycles. The van der Waals surface area contributed by atoms with Gasteiger partial charge in [0, 0.05) is 6.20 Å². The molecule has 2 aromatic rings. The van der Waals surface area contributed by atoms with Gasteiger partial charge in [-0.1, -0.05) is 42.1 Å². The highest BCUT2D eigenvalue weighted by molar-refractivity contribution is 7.98. The number of carbonyl (C=O) groups excluding carboxylic acids is 1. The first-order valence-corrected chi connectivity index (χ1v) is 7.44. The van der Waals surface area contributed by atoms with E-state index in [1.54, 1.807) is 6.26 Å². The predicted molar refractivity (Wildman–Crippen MR) is 81.0 cm³/mol. The van der Waals surface area contributed by atoms with Crippen LogP contribution in [0.25, 0.3) is 0 Å². The standard InChI is InChI=1S/C14H13N3O4S/c1-22-13-15-7-10(12(18)19)11(16-13)17-14(20)21-8-9-5-3-2-4-6-9/h2-7H,8H2,1H3,(H,18,19)(H,15,16,17,20). The van der Waals surface area contributed by atoms with Crippen molar-refractivity contribution in [2.75, 3.05) is 11.6 Å². The number of aromatic carboxylic acids is 1. The molecular formula is C14H13N3O4S. The Morgan fingerprint density at radius 2 is 2.05 bits per heavy atom. The molecule has 0 bridgehead atoms. The highest BCUT2D eigenvalue weighted by atomic mass is 32.2. The lowest BCUT2D eigenvalue weighted by Gasteiger charge is -2.09. The maximum atomic E-state index is 11.8. The second-order valence-corrected chi connectivity index (χ2v) is 4.88. The van der Waals surface area contributed by atoms with Gasteiger partial charge in [0.1, 0.15) is 12.2 Å². The molecule has 1 aromatic carbocycles. The first-order chi connectivity index (χ1) is 10.6. The molecule has 0 radical (unpaired) electrons. The number of ether oxygens (including phenoxy) is 1. The van der Waals surface area contributed by atoms with Crippen molar-refractivity contribution >= 4 is 29.6 Å². The topological polar surface area (TPSA) is 101 Å². The van der Waals surface area contributed by atoms with Gasteiger partial charge in [-0.25, -0.2) is 19.6 Å². The van der Waals surface area contributed by atoms with Crippen LogP contribution in [0.4, 0.5) is 10.6 Å². The number of carbonyl (C=O) groups is 2. The number of nitrogens with one attached hydrogen (secondary N) is 1. The van der Waals surface area contributed by atoms with E-state index in [4.69, 9.17) is 9.84 Å². The number of hydrogen-bond donors (Lipinski definition) is 2. The highest BCUT2D eigenvalue weighted by Gasteiger charge is 2.16. The summed E-state index contributed by atoms with van der Waals surface area (Å²) in [4.78, 5) is 30.7. The molecule has 0 atom stereocenters. The Morgan fingerprint density at radius 1 is 1.32 bits per heavy atom. The molecule has 1 heterocycles. The molecule has 0 spiro atoms. The van der Waals surface area contributed by atoms with E-state index in [1.807, 2.05) is 30.3 Å². The van der Waals surface area contributed by atoms with Crippen molar-refractivity contribution in [3.05, 3.63) is 47.7 Å². The van der Waals surface area contributed by atoms with Gasteiger partial charge < -0.3 is 9.84 Å². The minimum Gasteiger partial charge on any atom is -0.477 e. The van der Waals surface area contributed by atoms with Crippen LogP contribution in [0.15, 0.2) is 41.7 Å². The molecule has 7 nitrogen and oxygen atoms in total. The molecule has 22 heavy (non-hydrogen) atoms. The Kier molecular flexibility index (Phi) is 5.31. The Morgan fingerprint density at radius 3 is 2.68 bits per heavy atom. The number of carboxylic acids is 1. The zero-order valence-electron chi connectivity index (χ0n) is 11.6. The van der Waals surface area contributed by atoms with Crippen LogP contribution in [0.2, 0.25) is 0 Å². The maximum absolute atomic E-state index is 11.8. The summed E-state index contributed by atoms with van der Waals surface area (Å²) in [6.07, 6.45) is 2.11. The van der Waals surface area contributed by atoms with Crippen LogP contribution in [0, 0.1) is 0 Å². The van der Waals surface area contributed by atoms with Crippen molar-refractivity contribution in [3.8, 4) is 0 Å². The monoisotopic (exact) mass is 319 g/mol. The van der Waals surface area contributed by atoms with Crippen LogP contribution in [0.1, 0.15) is 15.9 Å². The molecule has 0 aliphatic rings. The lowest BCUT2D eigenvalue weighted by molar-refractivity contribution is 0.0697. The number of carboxylic acid groups (broad SMARTS) is 1. The fourth-order valence-electron chi connectivity index (χ4n) is 1.57. The van der Waals surface area contributed by atoms with E-state index in [2.05, 4.69) is 15.3 Å². The van der Waals surface area contributed by atoms with E-state index >= 15 is 0 Å². The molecule has 0 fully saturated rings. The van der Waals surface area contributed by atoms with Crippen molar-refractivity contribution in [1.82, 2.24) is 9.97 Å². The highest BCUT2D eigenvalue weighted by Crippen LogP contribution is 2.17. The summed E-state index contributed by atoms with van der Waals surface area (Å²) < 4.78 is 5.03. The van der Waals surface area contributed by atoms with E-state index in [9.17, 15) is 9.59 Å². The van der Waals surface area contributed by atoms with E-state index in [0.29, 0.717) is 5.16 Å². The van der Waals surface area contributed by atoms with Crippen LogP contribution in [-0.2, 0) is 11.3 Å². The lowest BCUT2D eigenvalue weighted by Crippen LogP contribution is -2.18. The minimum atomic E-state index is -1.23. The first kappa shape index (κ1) is 15.8. The summed E-state index contributed by atoms with van der Waals surface area (Å²) in [5, 5.41) is 11.8. The van der Waals surface area contributed by atoms with Gasteiger partial charge in [-0.3, -0.25) is 5.32 Å². The third kappa shape index (κ3) is 4.19. The molecule has 1 aromatic heterocycles.